The third kappa shape index (κ3) is 6.12. The molecule has 2 N–H and O–H groups in total. The van der Waals surface area contributed by atoms with E-state index < -0.39 is 13.2 Å². The zero-order chi connectivity index (χ0) is 20.4. The minimum atomic E-state index is -3.40. The number of anilines is 1. The molecule has 0 saturated carbocycles. The van der Waals surface area contributed by atoms with Gasteiger partial charge in [0.2, 0.25) is 5.95 Å². The third-order valence-corrected chi connectivity index (χ3v) is 5.54. The van der Waals surface area contributed by atoms with Gasteiger partial charge in [-0.2, -0.15) is 9.97 Å². The van der Waals surface area contributed by atoms with Gasteiger partial charge in [0.1, 0.15) is 11.9 Å². The van der Waals surface area contributed by atoms with Crippen molar-refractivity contribution in [3.63, 3.8) is 0 Å². The van der Waals surface area contributed by atoms with Crippen LogP contribution in [0.15, 0.2) is 6.33 Å². The molecular formula is C16H27ClN5O4P. The largest absolute Gasteiger partial charge is 0.368 e. The molecule has 2 heterocycles. The van der Waals surface area contributed by atoms with Gasteiger partial charge in [0, 0.05) is 0 Å². The maximum Gasteiger partial charge on any atom is 0.356 e. The number of nitrogens with zero attached hydrogens (tertiary/aromatic N) is 4. The van der Waals surface area contributed by atoms with Gasteiger partial charge in [-0.25, -0.2) is 4.98 Å². The highest BCUT2D eigenvalue weighted by Gasteiger charge is 2.32. The Kier molecular flexibility index (Phi) is 6.86. The lowest BCUT2D eigenvalue weighted by molar-refractivity contribution is -0.0180. The van der Waals surface area contributed by atoms with Gasteiger partial charge in [0.05, 0.1) is 30.7 Å². The molecule has 152 valence electrons. The van der Waals surface area contributed by atoms with Crippen LogP contribution in [0.1, 0.15) is 41.5 Å². The molecule has 0 aliphatic carbocycles. The number of ether oxygens (including phenoxy) is 1. The smallest absolute Gasteiger partial charge is 0.356 e. The summed E-state index contributed by atoms with van der Waals surface area (Å²) in [6, 6.07) is 0. The van der Waals surface area contributed by atoms with Crippen LogP contribution >= 0.6 is 19.2 Å². The highest BCUT2D eigenvalue weighted by atomic mass is 35.5. The normalized spacial score (nSPS) is 13.2. The van der Waals surface area contributed by atoms with Gasteiger partial charge in [-0.1, -0.05) is 11.6 Å². The molecule has 0 bridgehead atoms. The van der Waals surface area contributed by atoms with Crippen LogP contribution in [0.2, 0.25) is 5.15 Å². The Hall–Kier alpha value is -1.25. The highest BCUT2D eigenvalue weighted by molar-refractivity contribution is 7.53. The first-order valence-corrected chi connectivity index (χ1v) is 10.7. The minimum absolute atomic E-state index is 0.0631. The van der Waals surface area contributed by atoms with E-state index >= 15 is 0 Å². The van der Waals surface area contributed by atoms with Crippen LogP contribution in [0, 0.1) is 0 Å². The van der Waals surface area contributed by atoms with Crippen molar-refractivity contribution < 1.29 is 18.3 Å². The lowest BCUT2D eigenvalue weighted by Crippen LogP contribution is -2.31. The van der Waals surface area contributed by atoms with E-state index in [-0.39, 0.29) is 29.7 Å². The molecule has 9 nitrogen and oxygen atoms in total. The number of nitrogen functional groups attached to an aromatic ring is 1. The summed E-state index contributed by atoms with van der Waals surface area (Å²) in [4.78, 5) is 12.3. The zero-order valence-electron chi connectivity index (χ0n) is 16.5. The summed E-state index contributed by atoms with van der Waals surface area (Å²) in [5.41, 5.74) is 5.92. The number of halogens is 1. The summed E-state index contributed by atoms with van der Waals surface area (Å²) in [6.45, 7) is 11.3. The number of hydrogen-bond acceptors (Lipinski definition) is 8. The SMILES string of the molecule is CC(C)OP(=O)(COC(C)(C)Cn1cnc2c(Cl)nc(N)nc21)OC(C)C. The third-order valence-electron chi connectivity index (χ3n) is 3.35. The summed E-state index contributed by atoms with van der Waals surface area (Å²) in [6.07, 6.45) is 0.923. The summed E-state index contributed by atoms with van der Waals surface area (Å²) < 4.78 is 31.6. The van der Waals surface area contributed by atoms with Crippen molar-refractivity contribution in [3.8, 4) is 0 Å². The van der Waals surface area contributed by atoms with Crippen LogP contribution < -0.4 is 5.73 Å². The molecule has 0 aliphatic heterocycles. The molecule has 2 aromatic heterocycles. The number of nitrogens with two attached hydrogens (primary N) is 1. The Balaban J connectivity index is 2.15. The van der Waals surface area contributed by atoms with Gasteiger partial charge < -0.3 is 24.1 Å². The minimum Gasteiger partial charge on any atom is -0.368 e. The van der Waals surface area contributed by atoms with Crippen molar-refractivity contribution in [2.24, 2.45) is 0 Å². The summed E-state index contributed by atoms with van der Waals surface area (Å²) in [5, 5.41) is 0.190. The van der Waals surface area contributed by atoms with E-state index in [0.29, 0.717) is 17.7 Å². The summed E-state index contributed by atoms with van der Waals surface area (Å²) >= 11 is 6.06. The predicted molar refractivity (Wildman–Crippen MR) is 105 cm³/mol. The van der Waals surface area contributed by atoms with Crippen LogP contribution in [0.5, 0.6) is 0 Å². The average molecular weight is 420 g/mol. The topological polar surface area (TPSA) is 114 Å². The van der Waals surface area contributed by atoms with Crippen LogP contribution in [0.3, 0.4) is 0 Å². The number of fused-ring (bicyclic) bond motifs is 1. The molecule has 0 saturated heterocycles. The maximum atomic E-state index is 12.9. The molecule has 2 aromatic rings. The second-order valence-corrected chi connectivity index (χ2v) is 9.63. The monoisotopic (exact) mass is 419 g/mol. The molecule has 0 spiro atoms. The lowest BCUT2D eigenvalue weighted by Gasteiger charge is -2.29. The van der Waals surface area contributed by atoms with E-state index in [9.17, 15) is 4.57 Å². The molecule has 0 unspecified atom stereocenters. The quantitative estimate of drug-likeness (QED) is 0.481. The molecule has 0 fully saturated rings. The first kappa shape index (κ1) is 22.0. The van der Waals surface area contributed by atoms with Gasteiger partial charge in [0.25, 0.3) is 0 Å². The fourth-order valence-electron chi connectivity index (χ4n) is 2.48. The molecule has 2 rings (SSSR count). The van der Waals surface area contributed by atoms with Gasteiger partial charge in [-0.15, -0.1) is 0 Å². The Morgan fingerprint density at radius 1 is 1.22 bits per heavy atom. The highest BCUT2D eigenvalue weighted by Crippen LogP contribution is 2.51. The van der Waals surface area contributed by atoms with Crippen LogP contribution in [0.25, 0.3) is 11.2 Å². The molecule has 0 amide bonds. The molecule has 11 heteroatoms. The number of rotatable bonds is 9. The van der Waals surface area contributed by atoms with Crippen molar-refractivity contribution in [1.29, 1.82) is 0 Å². The Labute approximate surface area is 164 Å². The second-order valence-electron chi connectivity index (χ2n) is 7.37. The number of aromatic nitrogens is 4. The fraction of sp³-hybridized carbons (Fsp3) is 0.688. The first-order valence-electron chi connectivity index (χ1n) is 8.64. The summed E-state index contributed by atoms with van der Waals surface area (Å²) in [7, 11) is -3.40. The molecular weight excluding hydrogens is 393 g/mol. The Bertz CT molecular complexity index is 826. The predicted octanol–water partition coefficient (Wildman–Crippen LogP) is 3.86. The average Bonchev–Trinajstić information content (AvgIpc) is 2.86. The van der Waals surface area contributed by atoms with Crippen LogP contribution in [-0.2, 0) is 24.9 Å². The lowest BCUT2D eigenvalue weighted by atomic mass is 10.1. The van der Waals surface area contributed by atoms with E-state index in [0.717, 1.165) is 0 Å². The molecule has 27 heavy (non-hydrogen) atoms. The van der Waals surface area contributed by atoms with Crippen molar-refractivity contribution in [3.05, 3.63) is 11.5 Å². The van der Waals surface area contributed by atoms with Crippen molar-refractivity contribution in [2.75, 3.05) is 12.1 Å². The molecule has 0 atom stereocenters. The zero-order valence-corrected chi connectivity index (χ0v) is 18.1. The molecule has 0 aromatic carbocycles. The van der Waals surface area contributed by atoms with E-state index in [1.165, 1.54) is 0 Å². The van der Waals surface area contributed by atoms with Crippen LogP contribution in [-0.4, -0.2) is 43.7 Å². The number of hydrogen-bond donors (Lipinski definition) is 1. The Morgan fingerprint density at radius 2 is 1.81 bits per heavy atom. The van der Waals surface area contributed by atoms with Crippen LogP contribution in [0.4, 0.5) is 5.95 Å². The van der Waals surface area contributed by atoms with Gasteiger partial charge in [-0.05, 0) is 41.5 Å². The van der Waals surface area contributed by atoms with Gasteiger partial charge in [-0.3, -0.25) is 4.57 Å². The Morgan fingerprint density at radius 3 is 2.37 bits per heavy atom. The maximum absolute atomic E-state index is 12.9. The molecule has 0 radical (unpaired) electrons. The van der Waals surface area contributed by atoms with Crippen molar-refractivity contribution >= 4 is 36.3 Å². The van der Waals surface area contributed by atoms with E-state index in [2.05, 4.69) is 15.0 Å². The van der Waals surface area contributed by atoms with E-state index in [1.54, 1.807) is 38.6 Å². The van der Waals surface area contributed by atoms with Crippen molar-refractivity contribution in [2.45, 2.75) is 65.9 Å². The summed E-state index contributed by atoms with van der Waals surface area (Å²) in [5.74, 6) is 0.0631. The molecule has 0 aliphatic rings. The standard InChI is InChI=1S/C16H27ClN5O4P/c1-10(2)25-27(23,26-11(3)4)9-24-16(5,6)7-22-8-19-12-13(17)20-15(18)21-14(12)22/h8,10-11H,7,9H2,1-6H3,(H2,18,20,21). The van der Waals surface area contributed by atoms with E-state index in [1.807, 2.05) is 13.8 Å². The van der Waals surface area contributed by atoms with E-state index in [4.69, 9.17) is 31.1 Å². The number of imidazole rings is 1. The first-order chi connectivity index (χ1) is 12.4. The van der Waals surface area contributed by atoms with Gasteiger partial charge >= 0.3 is 7.60 Å². The second kappa shape index (κ2) is 8.41. The fourth-order valence-corrected chi connectivity index (χ4v) is 4.66. The van der Waals surface area contributed by atoms with Crippen molar-refractivity contribution in [1.82, 2.24) is 19.5 Å². The van der Waals surface area contributed by atoms with Gasteiger partial charge in [0.15, 0.2) is 10.8 Å².